The van der Waals surface area contributed by atoms with Crippen LogP contribution in [0.4, 0.5) is 5.82 Å². The summed E-state index contributed by atoms with van der Waals surface area (Å²) in [7, 11) is 0. The summed E-state index contributed by atoms with van der Waals surface area (Å²) in [5, 5.41) is 3.51. The SMILES string of the molecule is CC(C)NCc1cc(C(C)C)nc(N2CCSCC2)c1. The smallest absolute Gasteiger partial charge is 0.129 e. The highest BCUT2D eigenvalue weighted by atomic mass is 32.2. The van der Waals surface area contributed by atoms with Crippen molar-refractivity contribution in [2.45, 2.75) is 46.2 Å². The maximum absolute atomic E-state index is 4.87. The second-order valence-corrected chi connectivity index (χ2v) is 7.27. The molecule has 1 saturated heterocycles. The highest BCUT2D eigenvalue weighted by molar-refractivity contribution is 7.99. The zero-order valence-corrected chi connectivity index (χ0v) is 14.0. The molecule has 0 radical (unpaired) electrons. The van der Waals surface area contributed by atoms with E-state index in [4.69, 9.17) is 4.98 Å². The third-order valence-corrected chi connectivity index (χ3v) is 4.47. The Hall–Kier alpha value is -0.740. The molecule has 0 saturated carbocycles. The Morgan fingerprint density at radius 3 is 2.50 bits per heavy atom. The van der Waals surface area contributed by atoms with Crippen molar-refractivity contribution in [2.75, 3.05) is 29.5 Å². The molecule has 1 N–H and O–H groups in total. The lowest BCUT2D eigenvalue weighted by atomic mass is 10.1. The van der Waals surface area contributed by atoms with E-state index in [0.717, 1.165) is 25.5 Å². The number of nitrogens with one attached hydrogen (secondary N) is 1. The Morgan fingerprint density at radius 2 is 1.90 bits per heavy atom. The standard InChI is InChI=1S/C16H27N3S/c1-12(2)15-9-14(11-17-13(3)4)10-16(18-15)19-5-7-20-8-6-19/h9-10,12-13,17H,5-8,11H2,1-4H3. The van der Waals surface area contributed by atoms with Gasteiger partial charge in [-0.1, -0.05) is 27.7 Å². The van der Waals surface area contributed by atoms with E-state index in [1.165, 1.54) is 22.8 Å². The molecule has 0 aliphatic carbocycles. The van der Waals surface area contributed by atoms with Gasteiger partial charge in [-0.3, -0.25) is 0 Å². The zero-order chi connectivity index (χ0) is 14.5. The zero-order valence-electron chi connectivity index (χ0n) is 13.1. The lowest BCUT2D eigenvalue weighted by Gasteiger charge is -2.28. The average molecular weight is 293 g/mol. The van der Waals surface area contributed by atoms with Crippen LogP contribution < -0.4 is 10.2 Å². The third kappa shape index (κ3) is 4.38. The van der Waals surface area contributed by atoms with E-state index in [1.54, 1.807) is 0 Å². The number of hydrogen-bond acceptors (Lipinski definition) is 4. The first-order chi connectivity index (χ1) is 9.56. The first kappa shape index (κ1) is 15.6. The Labute approximate surface area is 127 Å². The van der Waals surface area contributed by atoms with Crippen molar-refractivity contribution >= 4 is 17.6 Å². The summed E-state index contributed by atoms with van der Waals surface area (Å²) in [6.07, 6.45) is 0. The van der Waals surface area contributed by atoms with Gasteiger partial charge >= 0.3 is 0 Å². The average Bonchev–Trinajstić information content (AvgIpc) is 2.45. The van der Waals surface area contributed by atoms with E-state index in [-0.39, 0.29) is 0 Å². The molecule has 0 aromatic carbocycles. The summed E-state index contributed by atoms with van der Waals surface area (Å²) in [5.74, 6) is 4.07. The van der Waals surface area contributed by atoms with Crippen LogP contribution in [0.5, 0.6) is 0 Å². The predicted molar refractivity (Wildman–Crippen MR) is 89.8 cm³/mol. The van der Waals surface area contributed by atoms with Crippen LogP contribution in [-0.4, -0.2) is 35.6 Å². The maximum atomic E-state index is 4.87. The van der Waals surface area contributed by atoms with Crippen LogP contribution >= 0.6 is 11.8 Å². The van der Waals surface area contributed by atoms with Crippen molar-refractivity contribution in [3.8, 4) is 0 Å². The first-order valence-corrected chi connectivity index (χ1v) is 8.78. The van der Waals surface area contributed by atoms with Gasteiger partial charge in [-0.05, 0) is 23.6 Å². The fourth-order valence-corrected chi connectivity index (χ4v) is 3.17. The van der Waals surface area contributed by atoms with Crippen LogP contribution in [0.25, 0.3) is 0 Å². The van der Waals surface area contributed by atoms with Crippen LogP contribution in [0.15, 0.2) is 12.1 Å². The number of rotatable bonds is 5. The second kappa shape index (κ2) is 7.32. The Bertz CT molecular complexity index is 426. The van der Waals surface area contributed by atoms with Gasteiger partial charge in [0, 0.05) is 42.9 Å². The molecule has 1 aromatic rings. The monoisotopic (exact) mass is 293 g/mol. The molecule has 1 fully saturated rings. The van der Waals surface area contributed by atoms with Gasteiger partial charge < -0.3 is 10.2 Å². The summed E-state index contributed by atoms with van der Waals surface area (Å²) in [6.45, 7) is 12.0. The number of pyridine rings is 1. The predicted octanol–water partition coefficient (Wildman–Crippen LogP) is 3.26. The summed E-state index contributed by atoms with van der Waals surface area (Å²) < 4.78 is 0. The van der Waals surface area contributed by atoms with E-state index < -0.39 is 0 Å². The fraction of sp³-hybridized carbons (Fsp3) is 0.688. The van der Waals surface area contributed by atoms with Crippen LogP contribution in [0.1, 0.15) is 44.9 Å². The maximum Gasteiger partial charge on any atom is 0.129 e. The molecule has 0 atom stereocenters. The number of aromatic nitrogens is 1. The summed E-state index contributed by atoms with van der Waals surface area (Å²) in [6, 6.07) is 5.03. The fourth-order valence-electron chi connectivity index (χ4n) is 2.27. The normalized spacial score (nSPS) is 16.2. The second-order valence-electron chi connectivity index (χ2n) is 6.05. The van der Waals surface area contributed by atoms with Crippen molar-refractivity contribution in [1.82, 2.24) is 10.3 Å². The van der Waals surface area contributed by atoms with Crippen molar-refractivity contribution in [3.63, 3.8) is 0 Å². The minimum absolute atomic E-state index is 0.479. The molecular weight excluding hydrogens is 266 g/mol. The number of thioether (sulfide) groups is 1. The van der Waals surface area contributed by atoms with Crippen LogP contribution in [0.3, 0.4) is 0 Å². The van der Waals surface area contributed by atoms with Gasteiger partial charge in [0.25, 0.3) is 0 Å². The molecule has 2 rings (SSSR count). The molecule has 4 heteroatoms. The molecule has 0 unspecified atom stereocenters. The van der Waals surface area contributed by atoms with Gasteiger partial charge in [-0.15, -0.1) is 0 Å². The largest absolute Gasteiger partial charge is 0.355 e. The van der Waals surface area contributed by atoms with Crippen molar-refractivity contribution in [1.29, 1.82) is 0 Å². The lowest BCUT2D eigenvalue weighted by Crippen LogP contribution is -2.33. The molecular formula is C16H27N3S. The van der Waals surface area contributed by atoms with Gasteiger partial charge in [-0.2, -0.15) is 11.8 Å². The molecule has 1 aliphatic rings. The van der Waals surface area contributed by atoms with E-state index >= 15 is 0 Å². The van der Waals surface area contributed by atoms with Gasteiger partial charge in [0.2, 0.25) is 0 Å². The minimum atomic E-state index is 0.479. The highest BCUT2D eigenvalue weighted by Crippen LogP contribution is 2.22. The van der Waals surface area contributed by atoms with E-state index in [1.807, 2.05) is 11.8 Å². The highest BCUT2D eigenvalue weighted by Gasteiger charge is 2.15. The topological polar surface area (TPSA) is 28.2 Å². The van der Waals surface area contributed by atoms with Gasteiger partial charge in [0.1, 0.15) is 5.82 Å². The molecule has 0 spiro atoms. The number of nitrogens with zero attached hydrogens (tertiary/aromatic N) is 2. The van der Waals surface area contributed by atoms with Crippen molar-refractivity contribution in [3.05, 3.63) is 23.4 Å². The quantitative estimate of drug-likeness (QED) is 0.902. The van der Waals surface area contributed by atoms with Gasteiger partial charge in [0.15, 0.2) is 0 Å². The summed E-state index contributed by atoms with van der Waals surface area (Å²) in [4.78, 5) is 7.30. The van der Waals surface area contributed by atoms with Crippen LogP contribution in [0.2, 0.25) is 0 Å². The van der Waals surface area contributed by atoms with Crippen molar-refractivity contribution in [2.24, 2.45) is 0 Å². The van der Waals surface area contributed by atoms with E-state index in [9.17, 15) is 0 Å². The molecule has 112 valence electrons. The Morgan fingerprint density at radius 1 is 1.20 bits per heavy atom. The van der Waals surface area contributed by atoms with Crippen molar-refractivity contribution < 1.29 is 0 Å². The third-order valence-electron chi connectivity index (χ3n) is 3.53. The molecule has 0 bridgehead atoms. The van der Waals surface area contributed by atoms with Gasteiger partial charge in [-0.25, -0.2) is 4.98 Å². The van der Waals surface area contributed by atoms with E-state index in [2.05, 4.69) is 50.0 Å². The molecule has 3 nitrogen and oxygen atoms in total. The minimum Gasteiger partial charge on any atom is -0.355 e. The van der Waals surface area contributed by atoms with Crippen LogP contribution in [-0.2, 0) is 6.54 Å². The summed E-state index contributed by atoms with van der Waals surface area (Å²) >= 11 is 2.04. The Balaban J connectivity index is 2.20. The van der Waals surface area contributed by atoms with Crippen LogP contribution in [0, 0.1) is 0 Å². The molecule has 20 heavy (non-hydrogen) atoms. The molecule has 1 aromatic heterocycles. The molecule has 2 heterocycles. The van der Waals surface area contributed by atoms with Gasteiger partial charge in [0.05, 0.1) is 0 Å². The summed E-state index contributed by atoms with van der Waals surface area (Å²) in [5.41, 5.74) is 2.56. The lowest BCUT2D eigenvalue weighted by molar-refractivity contribution is 0.587. The number of anilines is 1. The number of hydrogen-bond donors (Lipinski definition) is 1. The molecule has 0 amide bonds. The van der Waals surface area contributed by atoms with E-state index in [0.29, 0.717) is 12.0 Å². The Kier molecular flexibility index (Phi) is 5.73. The first-order valence-electron chi connectivity index (χ1n) is 7.63. The molecule has 1 aliphatic heterocycles.